The maximum atomic E-state index is 11.8. The largest absolute Gasteiger partial charge is 0.507 e. The van der Waals surface area contributed by atoms with E-state index >= 15 is 0 Å². The minimum absolute atomic E-state index is 0.140. The zero-order chi connectivity index (χ0) is 12.2. The summed E-state index contributed by atoms with van der Waals surface area (Å²) in [5.74, 6) is 2.09. The molecule has 1 unspecified atom stereocenters. The summed E-state index contributed by atoms with van der Waals surface area (Å²) in [7, 11) is -3.71. The summed E-state index contributed by atoms with van der Waals surface area (Å²) < 4.78 is 26.0. The molecule has 16 heavy (non-hydrogen) atoms. The number of phenols is 1. The van der Waals surface area contributed by atoms with E-state index in [-0.39, 0.29) is 16.7 Å². The Morgan fingerprint density at radius 2 is 2.12 bits per heavy atom. The molecule has 86 valence electrons. The summed E-state index contributed by atoms with van der Waals surface area (Å²) in [6, 6.07) is 5.38. The number of hydrogen-bond donors (Lipinski definition) is 2. The van der Waals surface area contributed by atoms with E-state index in [0.717, 1.165) is 0 Å². The normalized spacial score (nSPS) is 13.0. The monoisotopic (exact) mass is 239 g/mol. The number of hydrogen-bond acceptors (Lipinski definition) is 3. The number of rotatable bonds is 4. The highest BCUT2D eigenvalue weighted by molar-refractivity contribution is 7.89. The van der Waals surface area contributed by atoms with E-state index in [1.54, 1.807) is 19.1 Å². The fourth-order valence-electron chi connectivity index (χ4n) is 1.23. The van der Waals surface area contributed by atoms with Crippen LogP contribution in [-0.2, 0) is 10.0 Å². The Morgan fingerprint density at radius 3 is 2.69 bits per heavy atom. The van der Waals surface area contributed by atoms with Gasteiger partial charge in [-0.15, -0.1) is 12.3 Å². The topological polar surface area (TPSA) is 66.4 Å². The maximum Gasteiger partial charge on any atom is 0.244 e. The van der Waals surface area contributed by atoms with Crippen molar-refractivity contribution in [2.24, 2.45) is 0 Å². The fraction of sp³-hybridized carbons (Fsp3) is 0.273. The van der Waals surface area contributed by atoms with Crippen molar-refractivity contribution < 1.29 is 13.5 Å². The number of phenolic OH excluding ortho intramolecular Hbond substituents is 1. The van der Waals surface area contributed by atoms with Gasteiger partial charge in [0.1, 0.15) is 10.6 Å². The van der Waals surface area contributed by atoms with E-state index in [0.29, 0.717) is 6.42 Å². The summed E-state index contributed by atoms with van der Waals surface area (Å²) in [5.41, 5.74) is 0. The predicted octanol–water partition coefficient (Wildman–Crippen LogP) is 1.08. The van der Waals surface area contributed by atoms with Crippen molar-refractivity contribution in [2.75, 3.05) is 0 Å². The van der Waals surface area contributed by atoms with Gasteiger partial charge in [0.15, 0.2) is 0 Å². The zero-order valence-electron chi connectivity index (χ0n) is 8.84. The summed E-state index contributed by atoms with van der Waals surface area (Å²) in [6.07, 6.45) is 5.38. The predicted molar refractivity (Wildman–Crippen MR) is 61.3 cm³/mol. The second kappa shape index (κ2) is 5.01. The summed E-state index contributed by atoms with van der Waals surface area (Å²) >= 11 is 0. The molecule has 0 amide bonds. The van der Waals surface area contributed by atoms with Gasteiger partial charge in [0, 0.05) is 12.5 Å². The van der Waals surface area contributed by atoms with Crippen molar-refractivity contribution in [2.45, 2.75) is 24.3 Å². The van der Waals surface area contributed by atoms with Crippen LogP contribution >= 0.6 is 0 Å². The molecule has 5 heteroatoms. The fourth-order valence-corrected chi connectivity index (χ4v) is 2.57. The Hall–Kier alpha value is -1.51. The molecule has 1 aromatic rings. The highest BCUT2D eigenvalue weighted by atomic mass is 32.2. The van der Waals surface area contributed by atoms with Crippen LogP contribution in [0.3, 0.4) is 0 Å². The average Bonchev–Trinajstić information content (AvgIpc) is 2.17. The minimum atomic E-state index is -3.71. The molecule has 0 aliphatic heterocycles. The first-order chi connectivity index (χ1) is 7.47. The molecule has 0 saturated heterocycles. The molecule has 0 aromatic heterocycles. The van der Waals surface area contributed by atoms with Gasteiger partial charge in [-0.2, -0.15) is 0 Å². The van der Waals surface area contributed by atoms with Crippen LogP contribution in [-0.4, -0.2) is 19.6 Å². The number of aromatic hydroxyl groups is 1. The molecule has 0 spiro atoms. The number of sulfonamides is 1. The lowest BCUT2D eigenvalue weighted by Crippen LogP contribution is -2.32. The van der Waals surface area contributed by atoms with Crippen molar-refractivity contribution in [1.29, 1.82) is 0 Å². The van der Waals surface area contributed by atoms with Gasteiger partial charge in [0.05, 0.1) is 0 Å². The van der Waals surface area contributed by atoms with Gasteiger partial charge < -0.3 is 5.11 Å². The van der Waals surface area contributed by atoms with Gasteiger partial charge in [-0.05, 0) is 19.1 Å². The van der Waals surface area contributed by atoms with Crippen molar-refractivity contribution in [1.82, 2.24) is 4.72 Å². The molecule has 0 saturated carbocycles. The van der Waals surface area contributed by atoms with Crippen molar-refractivity contribution in [3.05, 3.63) is 24.3 Å². The minimum Gasteiger partial charge on any atom is -0.507 e. The molecule has 2 N–H and O–H groups in total. The van der Waals surface area contributed by atoms with Crippen LogP contribution < -0.4 is 4.72 Å². The zero-order valence-corrected chi connectivity index (χ0v) is 9.66. The van der Waals surface area contributed by atoms with Gasteiger partial charge in [-0.1, -0.05) is 12.1 Å². The van der Waals surface area contributed by atoms with Crippen molar-refractivity contribution in [3.63, 3.8) is 0 Å². The lowest BCUT2D eigenvalue weighted by molar-refractivity contribution is 0.457. The highest BCUT2D eigenvalue weighted by Crippen LogP contribution is 2.21. The van der Waals surface area contributed by atoms with Crippen molar-refractivity contribution >= 4 is 10.0 Å². The van der Waals surface area contributed by atoms with Crippen LogP contribution in [0.5, 0.6) is 5.75 Å². The van der Waals surface area contributed by atoms with Gasteiger partial charge >= 0.3 is 0 Å². The summed E-state index contributed by atoms with van der Waals surface area (Å²) in [5, 5.41) is 9.43. The Kier molecular flexibility index (Phi) is 3.93. The Labute approximate surface area is 95.4 Å². The van der Waals surface area contributed by atoms with Gasteiger partial charge in [-0.3, -0.25) is 0 Å². The van der Waals surface area contributed by atoms with Crippen LogP contribution in [0.15, 0.2) is 29.2 Å². The smallest absolute Gasteiger partial charge is 0.244 e. The average molecular weight is 239 g/mol. The molecular formula is C11H13NO3S. The molecule has 1 rings (SSSR count). The molecule has 0 radical (unpaired) electrons. The number of terminal acetylenes is 1. The van der Waals surface area contributed by atoms with Crippen molar-refractivity contribution in [3.8, 4) is 18.1 Å². The molecule has 1 atom stereocenters. The van der Waals surface area contributed by atoms with E-state index in [1.807, 2.05) is 0 Å². The van der Waals surface area contributed by atoms with Crippen LogP contribution in [0.4, 0.5) is 0 Å². The molecule has 0 aliphatic rings. The first-order valence-electron chi connectivity index (χ1n) is 4.71. The van der Waals surface area contributed by atoms with E-state index in [4.69, 9.17) is 6.42 Å². The Bertz CT molecular complexity index is 502. The Morgan fingerprint density at radius 1 is 1.50 bits per heavy atom. The molecule has 1 aromatic carbocycles. The van der Waals surface area contributed by atoms with Crippen LogP contribution in [0, 0.1) is 12.3 Å². The maximum absolute atomic E-state index is 11.8. The molecule has 0 fully saturated rings. The Balaban J connectivity index is 2.96. The first-order valence-corrected chi connectivity index (χ1v) is 6.19. The van der Waals surface area contributed by atoms with Crippen LogP contribution in [0.25, 0.3) is 0 Å². The second-order valence-electron chi connectivity index (χ2n) is 3.40. The third-order valence-corrected chi connectivity index (χ3v) is 3.57. The van der Waals surface area contributed by atoms with Gasteiger partial charge in [0.2, 0.25) is 10.0 Å². The van der Waals surface area contributed by atoms with Crippen LogP contribution in [0.1, 0.15) is 13.3 Å². The number of nitrogens with one attached hydrogen (secondary N) is 1. The first kappa shape index (κ1) is 12.6. The molecule has 0 heterocycles. The van der Waals surface area contributed by atoms with E-state index in [1.165, 1.54) is 12.1 Å². The summed E-state index contributed by atoms with van der Waals surface area (Å²) in [6.45, 7) is 1.66. The quantitative estimate of drug-likeness (QED) is 0.773. The SMILES string of the molecule is C#CCC(C)NS(=O)(=O)c1ccccc1O. The third kappa shape index (κ3) is 2.99. The molecule has 0 bridgehead atoms. The lowest BCUT2D eigenvalue weighted by Gasteiger charge is -2.12. The van der Waals surface area contributed by atoms with Crippen LogP contribution in [0.2, 0.25) is 0 Å². The lowest BCUT2D eigenvalue weighted by atomic mass is 10.3. The number of para-hydroxylation sites is 1. The highest BCUT2D eigenvalue weighted by Gasteiger charge is 2.19. The van der Waals surface area contributed by atoms with E-state index in [9.17, 15) is 13.5 Å². The van der Waals surface area contributed by atoms with E-state index in [2.05, 4.69) is 10.6 Å². The van der Waals surface area contributed by atoms with Gasteiger partial charge in [0.25, 0.3) is 0 Å². The number of benzene rings is 1. The third-order valence-electron chi connectivity index (χ3n) is 1.94. The summed E-state index contributed by atoms with van der Waals surface area (Å²) in [4.78, 5) is -0.140. The molecular weight excluding hydrogens is 226 g/mol. The van der Waals surface area contributed by atoms with E-state index < -0.39 is 10.0 Å². The molecule has 0 aliphatic carbocycles. The second-order valence-corrected chi connectivity index (χ2v) is 5.08. The standard InChI is InChI=1S/C11H13NO3S/c1-3-6-9(2)12-16(14,15)11-8-5-4-7-10(11)13/h1,4-5,7-9,12-13H,6H2,2H3. The van der Waals surface area contributed by atoms with Gasteiger partial charge in [-0.25, -0.2) is 13.1 Å². The molecule has 4 nitrogen and oxygen atoms in total.